The topological polar surface area (TPSA) is 77.5 Å². The molecule has 1 N–H and O–H groups in total. The van der Waals surface area contributed by atoms with Gasteiger partial charge in [-0.25, -0.2) is 13.1 Å². The first-order valence-electron chi connectivity index (χ1n) is 8.89. The fourth-order valence-electron chi connectivity index (χ4n) is 3.61. The summed E-state index contributed by atoms with van der Waals surface area (Å²) in [5, 5.41) is 0. The van der Waals surface area contributed by atoms with E-state index < -0.39 is 10.0 Å². The second-order valence-electron chi connectivity index (χ2n) is 6.70. The largest absolute Gasteiger partial charge is 0.493 e. The molecule has 0 radical (unpaired) electrons. The minimum Gasteiger partial charge on any atom is -0.493 e. The normalized spacial score (nSPS) is 18.9. The number of aromatic nitrogens is 1. The van der Waals surface area contributed by atoms with Gasteiger partial charge in [0.05, 0.1) is 17.5 Å². The molecule has 0 saturated carbocycles. The summed E-state index contributed by atoms with van der Waals surface area (Å²) < 4.78 is 40.0. The highest BCUT2D eigenvalue weighted by Crippen LogP contribution is 2.32. The van der Waals surface area contributed by atoms with Gasteiger partial charge in [0.25, 0.3) is 0 Å². The van der Waals surface area contributed by atoms with E-state index >= 15 is 0 Å². The average molecular weight is 374 g/mol. The van der Waals surface area contributed by atoms with Crippen molar-refractivity contribution in [1.29, 1.82) is 0 Å². The summed E-state index contributed by atoms with van der Waals surface area (Å²) in [6, 6.07) is 8.51. The second-order valence-corrected chi connectivity index (χ2v) is 8.42. The van der Waals surface area contributed by atoms with Crippen molar-refractivity contribution in [3.05, 3.63) is 53.9 Å². The summed E-state index contributed by atoms with van der Waals surface area (Å²) in [5.74, 6) is 0.956. The molecule has 2 aliphatic heterocycles. The average Bonchev–Trinajstić information content (AvgIpc) is 3.15. The molecule has 0 unspecified atom stereocenters. The summed E-state index contributed by atoms with van der Waals surface area (Å²) in [6.07, 6.45) is 5.81. The molecular formula is C19H22N2O4S. The number of hydrogen-bond donors (Lipinski definition) is 1. The van der Waals surface area contributed by atoms with Crippen LogP contribution in [0.5, 0.6) is 5.75 Å². The lowest BCUT2D eigenvalue weighted by atomic mass is 9.88. The molecule has 0 aliphatic carbocycles. The number of fused-ring (bicyclic) bond motifs is 1. The molecule has 0 amide bonds. The number of pyridine rings is 1. The molecule has 6 nitrogen and oxygen atoms in total. The number of rotatable bonds is 5. The van der Waals surface area contributed by atoms with Gasteiger partial charge in [-0.15, -0.1) is 0 Å². The lowest BCUT2D eigenvalue weighted by Gasteiger charge is -2.31. The number of ether oxygens (including phenoxy) is 2. The maximum atomic E-state index is 13.1. The maximum absolute atomic E-state index is 13.1. The van der Waals surface area contributed by atoms with E-state index in [1.807, 2.05) is 12.1 Å². The fraction of sp³-hybridized carbons (Fsp3) is 0.421. The molecular weight excluding hydrogens is 352 g/mol. The summed E-state index contributed by atoms with van der Waals surface area (Å²) in [5.41, 5.74) is 1.82. The Morgan fingerprint density at radius 3 is 2.77 bits per heavy atom. The number of benzene rings is 1. The van der Waals surface area contributed by atoms with Gasteiger partial charge in [0.2, 0.25) is 10.0 Å². The van der Waals surface area contributed by atoms with Crippen molar-refractivity contribution in [1.82, 2.24) is 9.71 Å². The van der Waals surface area contributed by atoms with E-state index in [2.05, 4.69) is 9.71 Å². The van der Waals surface area contributed by atoms with E-state index in [4.69, 9.17) is 9.47 Å². The van der Waals surface area contributed by atoms with Crippen LogP contribution in [0.3, 0.4) is 0 Å². The first-order valence-corrected chi connectivity index (χ1v) is 10.4. The molecule has 1 atom stereocenters. The van der Waals surface area contributed by atoms with Crippen LogP contribution in [0.15, 0.2) is 47.6 Å². The Balaban J connectivity index is 1.63. The first-order chi connectivity index (χ1) is 12.6. The van der Waals surface area contributed by atoms with Gasteiger partial charge in [-0.05, 0) is 54.2 Å². The Bertz CT molecular complexity index is 864. The minimum absolute atomic E-state index is 0.181. The van der Waals surface area contributed by atoms with Gasteiger partial charge >= 0.3 is 0 Å². The quantitative estimate of drug-likeness (QED) is 0.870. The lowest BCUT2D eigenvalue weighted by Crippen LogP contribution is -2.36. The Morgan fingerprint density at radius 1 is 1.15 bits per heavy atom. The van der Waals surface area contributed by atoms with Gasteiger partial charge in [-0.1, -0.05) is 6.07 Å². The fourth-order valence-corrected chi connectivity index (χ4v) is 4.95. The van der Waals surface area contributed by atoms with Crippen molar-refractivity contribution >= 4 is 10.0 Å². The number of hydrogen-bond acceptors (Lipinski definition) is 5. The van der Waals surface area contributed by atoms with Crippen LogP contribution in [0.2, 0.25) is 0 Å². The second kappa shape index (κ2) is 7.34. The summed E-state index contributed by atoms with van der Waals surface area (Å²) in [4.78, 5) is 4.45. The van der Waals surface area contributed by atoms with Gasteiger partial charge in [0.1, 0.15) is 5.75 Å². The van der Waals surface area contributed by atoms with Crippen LogP contribution in [0.1, 0.15) is 30.0 Å². The third-order valence-electron chi connectivity index (χ3n) is 5.03. The van der Waals surface area contributed by atoms with Crippen LogP contribution in [-0.2, 0) is 21.2 Å². The zero-order valence-corrected chi connectivity index (χ0v) is 15.2. The molecule has 0 spiro atoms. The van der Waals surface area contributed by atoms with E-state index in [0.29, 0.717) is 19.8 Å². The highest BCUT2D eigenvalue weighted by Gasteiger charge is 2.30. The molecule has 26 heavy (non-hydrogen) atoms. The van der Waals surface area contributed by atoms with Gasteiger partial charge in [0.15, 0.2) is 0 Å². The van der Waals surface area contributed by atoms with Crippen LogP contribution >= 0.6 is 0 Å². The molecule has 4 rings (SSSR count). The SMILES string of the molecule is O=S(=O)(N[C@H](c1cccnc1)C1CCOCC1)c1ccc2c(c1)CCO2. The summed E-state index contributed by atoms with van der Waals surface area (Å²) >= 11 is 0. The summed E-state index contributed by atoms with van der Waals surface area (Å²) in [7, 11) is -3.65. The molecule has 1 aromatic carbocycles. The summed E-state index contributed by atoms with van der Waals surface area (Å²) in [6.45, 7) is 1.91. The predicted molar refractivity (Wildman–Crippen MR) is 96.5 cm³/mol. The lowest BCUT2D eigenvalue weighted by molar-refractivity contribution is 0.0564. The minimum atomic E-state index is -3.65. The molecule has 1 fully saturated rings. The zero-order valence-electron chi connectivity index (χ0n) is 14.4. The van der Waals surface area contributed by atoms with E-state index in [1.165, 1.54) is 0 Å². The van der Waals surface area contributed by atoms with Crippen molar-refractivity contribution in [2.75, 3.05) is 19.8 Å². The van der Waals surface area contributed by atoms with Crippen LogP contribution in [0.4, 0.5) is 0 Å². The molecule has 3 heterocycles. The number of nitrogens with one attached hydrogen (secondary N) is 1. The van der Waals surface area contributed by atoms with Gasteiger partial charge in [0, 0.05) is 32.0 Å². The maximum Gasteiger partial charge on any atom is 0.241 e. The van der Waals surface area contributed by atoms with E-state index in [1.54, 1.807) is 30.6 Å². The molecule has 1 saturated heterocycles. The van der Waals surface area contributed by atoms with E-state index in [-0.39, 0.29) is 16.9 Å². The Labute approximate surface area is 153 Å². The molecule has 2 aliphatic rings. The Kier molecular flexibility index (Phi) is 4.93. The van der Waals surface area contributed by atoms with Crippen molar-refractivity contribution in [3.63, 3.8) is 0 Å². The first kappa shape index (κ1) is 17.5. The van der Waals surface area contributed by atoms with E-state index in [0.717, 1.165) is 36.1 Å². The standard InChI is InChI=1S/C19H22N2O4S/c22-26(23,17-3-4-18-15(12-17)7-11-25-18)21-19(14-5-9-24-10-6-14)16-2-1-8-20-13-16/h1-4,8,12-14,19,21H,5-7,9-11H2/t19-/m0/s1. The zero-order chi connectivity index (χ0) is 18.0. The molecule has 138 valence electrons. The molecule has 0 bridgehead atoms. The van der Waals surface area contributed by atoms with Crippen molar-refractivity contribution in [2.45, 2.75) is 30.2 Å². The van der Waals surface area contributed by atoms with E-state index in [9.17, 15) is 8.42 Å². The van der Waals surface area contributed by atoms with Crippen molar-refractivity contribution in [2.24, 2.45) is 5.92 Å². The van der Waals surface area contributed by atoms with Crippen LogP contribution in [0.25, 0.3) is 0 Å². The van der Waals surface area contributed by atoms with Gasteiger partial charge < -0.3 is 9.47 Å². The Morgan fingerprint density at radius 2 is 2.00 bits per heavy atom. The number of sulfonamides is 1. The predicted octanol–water partition coefficient (Wildman–Crippen LogP) is 2.46. The highest BCUT2D eigenvalue weighted by molar-refractivity contribution is 7.89. The Hall–Kier alpha value is -1.96. The molecule has 2 aromatic rings. The molecule has 1 aromatic heterocycles. The van der Waals surface area contributed by atoms with Crippen molar-refractivity contribution < 1.29 is 17.9 Å². The van der Waals surface area contributed by atoms with Crippen molar-refractivity contribution in [3.8, 4) is 5.75 Å². The van der Waals surface area contributed by atoms with Gasteiger partial charge in [-0.3, -0.25) is 4.98 Å². The van der Waals surface area contributed by atoms with Crippen LogP contribution in [0, 0.1) is 5.92 Å². The van der Waals surface area contributed by atoms with Crippen LogP contribution < -0.4 is 9.46 Å². The third kappa shape index (κ3) is 3.60. The smallest absolute Gasteiger partial charge is 0.241 e. The third-order valence-corrected chi connectivity index (χ3v) is 6.47. The highest BCUT2D eigenvalue weighted by atomic mass is 32.2. The molecule has 7 heteroatoms. The monoisotopic (exact) mass is 374 g/mol. The van der Waals surface area contributed by atoms with Gasteiger partial charge in [-0.2, -0.15) is 0 Å². The number of nitrogens with zero attached hydrogens (tertiary/aromatic N) is 1. The van der Waals surface area contributed by atoms with Crippen LogP contribution in [-0.4, -0.2) is 33.2 Å².